The van der Waals surface area contributed by atoms with Crippen LogP contribution in [-0.4, -0.2) is 38.3 Å². The fourth-order valence-electron chi connectivity index (χ4n) is 1.71. The second kappa shape index (κ2) is 6.49. The zero-order valence-corrected chi connectivity index (χ0v) is 10.4. The molecule has 3 unspecified atom stereocenters. The van der Waals surface area contributed by atoms with E-state index in [-0.39, 0.29) is 11.9 Å². The van der Waals surface area contributed by atoms with Crippen molar-refractivity contribution < 1.29 is 14.3 Å². The molecule has 3 atom stereocenters. The number of methoxy groups -OCH3 is 2. The topological polar surface area (TPSA) is 61.6 Å². The van der Waals surface area contributed by atoms with Crippen LogP contribution < -0.4 is 5.73 Å². The van der Waals surface area contributed by atoms with Crippen molar-refractivity contribution in [2.75, 3.05) is 14.2 Å². The minimum atomic E-state index is -0.725. The summed E-state index contributed by atoms with van der Waals surface area (Å²) in [7, 11) is 3.09. The van der Waals surface area contributed by atoms with Gasteiger partial charge in [0.15, 0.2) is 5.78 Å². The summed E-state index contributed by atoms with van der Waals surface area (Å²) in [5.41, 5.74) is 6.51. The smallest absolute Gasteiger partial charge is 0.182 e. The van der Waals surface area contributed by atoms with E-state index in [1.807, 2.05) is 25.1 Å². The fraction of sp³-hybridized carbons (Fsp3) is 0.462. The molecule has 0 radical (unpaired) electrons. The van der Waals surface area contributed by atoms with Crippen molar-refractivity contribution in [3.8, 4) is 0 Å². The molecule has 0 aliphatic rings. The van der Waals surface area contributed by atoms with E-state index >= 15 is 0 Å². The maximum Gasteiger partial charge on any atom is 0.182 e. The molecule has 4 nitrogen and oxygen atoms in total. The molecule has 1 aromatic carbocycles. The number of nitrogens with two attached hydrogens (primary N) is 1. The van der Waals surface area contributed by atoms with E-state index in [1.54, 1.807) is 19.2 Å². The Labute approximate surface area is 102 Å². The molecule has 0 fully saturated rings. The first-order valence-electron chi connectivity index (χ1n) is 5.52. The van der Waals surface area contributed by atoms with Gasteiger partial charge in [-0.05, 0) is 6.92 Å². The van der Waals surface area contributed by atoms with Gasteiger partial charge < -0.3 is 15.2 Å². The lowest BCUT2D eigenvalue weighted by atomic mass is 9.97. The Morgan fingerprint density at radius 3 is 2.24 bits per heavy atom. The average Bonchev–Trinajstić information content (AvgIpc) is 2.39. The number of rotatable bonds is 6. The number of ether oxygens (including phenoxy) is 2. The van der Waals surface area contributed by atoms with Crippen molar-refractivity contribution in [1.29, 1.82) is 0 Å². The molecular weight excluding hydrogens is 218 g/mol. The van der Waals surface area contributed by atoms with Gasteiger partial charge in [0, 0.05) is 19.8 Å². The fourth-order valence-corrected chi connectivity index (χ4v) is 1.71. The molecule has 1 aromatic rings. The molecule has 2 N–H and O–H groups in total. The average molecular weight is 237 g/mol. The van der Waals surface area contributed by atoms with Crippen molar-refractivity contribution in [3.05, 3.63) is 35.9 Å². The highest BCUT2D eigenvalue weighted by Crippen LogP contribution is 2.11. The molecule has 0 spiro atoms. The van der Waals surface area contributed by atoms with Crippen LogP contribution in [0.1, 0.15) is 17.3 Å². The third kappa shape index (κ3) is 3.36. The van der Waals surface area contributed by atoms with Crippen LogP contribution in [0.5, 0.6) is 0 Å². The number of carbonyl (C=O) groups excluding carboxylic acids is 1. The van der Waals surface area contributed by atoms with Gasteiger partial charge in [-0.3, -0.25) is 4.79 Å². The molecule has 0 heterocycles. The SMILES string of the molecule is COC(C)C(OC)C(N)C(=O)c1ccccc1. The molecule has 4 heteroatoms. The molecule has 0 bridgehead atoms. The molecule has 17 heavy (non-hydrogen) atoms. The minimum Gasteiger partial charge on any atom is -0.379 e. The molecule has 0 amide bonds. The third-order valence-electron chi connectivity index (χ3n) is 2.82. The lowest BCUT2D eigenvalue weighted by Crippen LogP contribution is -2.48. The van der Waals surface area contributed by atoms with Crippen molar-refractivity contribution in [2.24, 2.45) is 5.73 Å². The van der Waals surface area contributed by atoms with E-state index in [2.05, 4.69) is 0 Å². The predicted octanol–water partition coefficient (Wildman–Crippen LogP) is 1.25. The monoisotopic (exact) mass is 237 g/mol. The lowest BCUT2D eigenvalue weighted by Gasteiger charge is -2.26. The van der Waals surface area contributed by atoms with E-state index in [1.165, 1.54) is 7.11 Å². The maximum absolute atomic E-state index is 12.1. The van der Waals surface area contributed by atoms with Gasteiger partial charge in [0.25, 0.3) is 0 Å². The number of carbonyl (C=O) groups is 1. The lowest BCUT2D eigenvalue weighted by molar-refractivity contribution is -0.0341. The van der Waals surface area contributed by atoms with Crippen molar-refractivity contribution in [1.82, 2.24) is 0 Å². The second-order valence-electron chi connectivity index (χ2n) is 3.90. The zero-order chi connectivity index (χ0) is 12.8. The van der Waals surface area contributed by atoms with Gasteiger partial charge in [-0.25, -0.2) is 0 Å². The van der Waals surface area contributed by atoms with Gasteiger partial charge >= 0.3 is 0 Å². The Bertz CT molecular complexity index is 353. The van der Waals surface area contributed by atoms with Crippen LogP contribution in [0, 0.1) is 0 Å². The summed E-state index contributed by atoms with van der Waals surface area (Å²) in [6.07, 6.45) is -0.685. The van der Waals surface area contributed by atoms with Crippen LogP contribution >= 0.6 is 0 Å². The standard InChI is InChI=1S/C13H19NO3/c1-9(16-2)13(17-3)11(14)12(15)10-7-5-4-6-8-10/h4-9,11,13H,14H2,1-3H3. The van der Waals surface area contributed by atoms with E-state index in [9.17, 15) is 4.79 Å². The van der Waals surface area contributed by atoms with Crippen LogP contribution in [-0.2, 0) is 9.47 Å². The summed E-state index contributed by atoms with van der Waals surface area (Å²) in [6.45, 7) is 1.83. The highest BCUT2D eigenvalue weighted by Gasteiger charge is 2.29. The largest absolute Gasteiger partial charge is 0.379 e. The molecule has 1 rings (SSSR count). The highest BCUT2D eigenvalue weighted by molar-refractivity contribution is 6.00. The number of hydrogen-bond donors (Lipinski definition) is 1. The first-order valence-corrected chi connectivity index (χ1v) is 5.52. The van der Waals surface area contributed by atoms with E-state index in [4.69, 9.17) is 15.2 Å². The van der Waals surface area contributed by atoms with Crippen LogP contribution in [0.3, 0.4) is 0 Å². The summed E-state index contributed by atoms with van der Waals surface area (Å²) < 4.78 is 10.4. The Morgan fingerprint density at radius 1 is 1.18 bits per heavy atom. The molecule has 0 saturated carbocycles. The van der Waals surface area contributed by atoms with Crippen molar-refractivity contribution in [3.63, 3.8) is 0 Å². The Balaban J connectivity index is 2.81. The third-order valence-corrected chi connectivity index (χ3v) is 2.82. The van der Waals surface area contributed by atoms with Crippen LogP contribution in [0.4, 0.5) is 0 Å². The summed E-state index contributed by atoms with van der Waals surface area (Å²) in [4.78, 5) is 12.1. The summed E-state index contributed by atoms with van der Waals surface area (Å²) in [5, 5.41) is 0. The van der Waals surface area contributed by atoms with Gasteiger partial charge in [-0.15, -0.1) is 0 Å². The van der Waals surface area contributed by atoms with Crippen molar-refractivity contribution in [2.45, 2.75) is 25.2 Å². The van der Waals surface area contributed by atoms with Crippen LogP contribution in [0.2, 0.25) is 0 Å². The first kappa shape index (κ1) is 13.8. The predicted molar refractivity (Wildman–Crippen MR) is 66.0 cm³/mol. The quantitative estimate of drug-likeness (QED) is 0.756. The van der Waals surface area contributed by atoms with E-state index < -0.39 is 12.1 Å². The van der Waals surface area contributed by atoms with Gasteiger partial charge in [-0.1, -0.05) is 30.3 Å². The van der Waals surface area contributed by atoms with Gasteiger partial charge in [0.05, 0.1) is 12.1 Å². The van der Waals surface area contributed by atoms with E-state index in [0.29, 0.717) is 5.56 Å². The zero-order valence-electron chi connectivity index (χ0n) is 10.4. The normalized spacial score (nSPS) is 16.2. The number of hydrogen-bond acceptors (Lipinski definition) is 4. The molecule has 0 saturated heterocycles. The Hall–Kier alpha value is -1.23. The second-order valence-corrected chi connectivity index (χ2v) is 3.90. The molecule has 0 aromatic heterocycles. The minimum absolute atomic E-state index is 0.138. The van der Waals surface area contributed by atoms with Gasteiger partial charge in [0.1, 0.15) is 6.10 Å². The van der Waals surface area contributed by atoms with Gasteiger partial charge in [-0.2, -0.15) is 0 Å². The molecule has 94 valence electrons. The maximum atomic E-state index is 12.1. The van der Waals surface area contributed by atoms with Crippen molar-refractivity contribution >= 4 is 5.78 Å². The van der Waals surface area contributed by atoms with Crippen LogP contribution in [0.15, 0.2) is 30.3 Å². The summed E-state index contributed by atoms with van der Waals surface area (Å²) in [6, 6.07) is 8.23. The molecule has 0 aliphatic carbocycles. The summed E-state index contributed by atoms with van der Waals surface area (Å²) >= 11 is 0. The Kier molecular flexibility index (Phi) is 5.28. The Morgan fingerprint density at radius 2 is 1.76 bits per heavy atom. The molecule has 0 aliphatic heterocycles. The number of benzene rings is 1. The number of Topliss-reactive ketones (excluding diaryl/α,β-unsaturated/α-hetero) is 1. The van der Waals surface area contributed by atoms with Crippen LogP contribution in [0.25, 0.3) is 0 Å². The van der Waals surface area contributed by atoms with Gasteiger partial charge in [0.2, 0.25) is 0 Å². The first-order chi connectivity index (χ1) is 8.11. The summed E-state index contributed by atoms with van der Waals surface area (Å²) in [5.74, 6) is -0.138. The molecular formula is C13H19NO3. The highest BCUT2D eigenvalue weighted by atomic mass is 16.5. The van der Waals surface area contributed by atoms with E-state index in [0.717, 1.165) is 0 Å². The number of ketones is 1.